The summed E-state index contributed by atoms with van der Waals surface area (Å²) in [5.41, 5.74) is 2.68. The molecule has 104 valence electrons. The fourth-order valence-electron chi connectivity index (χ4n) is 3.45. The highest BCUT2D eigenvalue weighted by molar-refractivity contribution is 5.35. The van der Waals surface area contributed by atoms with E-state index in [-0.39, 0.29) is 11.7 Å². The summed E-state index contributed by atoms with van der Waals surface area (Å²) in [5.74, 6) is 1.01. The lowest BCUT2D eigenvalue weighted by atomic mass is 9.98. The minimum atomic E-state index is 0.218. The van der Waals surface area contributed by atoms with E-state index in [1.165, 1.54) is 43.2 Å². The second-order valence-electron chi connectivity index (χ2n) is 6.25. The number of hydrogen-bond acceptors (Lipinski definition) is 2. The maximum absolute atomic E-state index is 6.28. The van der Waals surface area contributed by atoms with E-state index in [1.54, 1.807) is 0 Å². The lowest BCUT2D eigenvalue weighted by molar-refractivity contribution is -0.0509. The van der Waals surface area contributed by atoms with Crippen molar-refractivity contribution in [3.05, 3.63) is 29.3 Å². The molecule has 2 aliphatic rings. The maximum atomic E-state index is 6.28. The van der Waals surface area contributed by atoms with Crippen LogP contribution in [-0.4, -0.2) is 18.3 Å². The number of ether oxygens (including phenoxy) is 2. The van der Waals surface area contributed by atoms with E-state index in [4.69, 9.17) is 9.47 Å². The third-order valence-corrected chi connectivity index (χ3v) is 4.62. The molecule has 19 heavy (non-hydrogen) atoms. The average molecular weight is 260 g/mol. The smallest absolute Gasteiger partial charge is 0.122 e. The third-order valence-electron chi connectivity index (χ3n) is 4.62. The number of aryl methyl sites for hydroxylation is 2. The Morgan fingerprint density at radius 2 is 2.00 bits per heavy atom. The maximum Gasteiger partial charge on any atom is 0.122 e. The van der Waals surface area contributed by atoms with Gasteiger partial charge in [0.25, 0.3) is 0 Å². The molecule has 1 aliphatic heterocycles. The topological polar surface area (TPSA) is 18.5 Å². The van der Waals surface area contributed by atoms with E-state index >= 15 is 0 Å². The lowest BCUT2D eigenvalue weighted by Crippen LogP contribution is -2.27. The monoisotopic (exact) mass is 260 g/mol. The fraction of sp³-hybridized carbons (Fsp3) is 0.647. The Labute approximate surface area is 116 Å². The molecule has 0 bridgehead atoms. The van der Waals surface area contributed by atoms with E-state index in [0.717, 1.165) is 12.2 Å². The van der Waals surface area contributed by atoms with Crippen molar-refractivity contribution in [3.63, 3.8) is 0 Å². The van der Waals surface area contributed by atoms with Crippen LogP contribution in [0.4, 0.5) is 0 Å². The highest BCUT2D eigenvalue weighted by Crippen LogP contribution is 2.43. The summed E-state index contributed by atoms with van der Waals surface area (Å²) in [4.78, 5) is 0. The van der Waals surface area contributed by atoms with E-state index < -0.39 is 0 Å². The van der Waals surface area contributed by atoms with Gasteiger partial charge in [-0.15, -0.1) is 0 Å². The predicted octanol–water partition coefficient (Wildman–Crippen LogP) is 4.17. The quantitative estimate of drug-likeness (QED) is 0.812. The summed E-state index contributed by atoms with van der Waals surface area (Å²) in [7, 11) is 0. The molecule has 1 heterocycles. The van der Waals surface area contributed by atoms with Crippen molar-refractivity contribution in [1.82, 2.24) is 0 Å². The van der Waals surface area contributed by atoms with Gasteiger partial charge < -0.3 is 9.47 Å². The van der Waals surface area contributed by atoms with Crippen molar-refractivity contribution in [3.8, 4) is 5.75 Å². The standard InChI is InChI=1S/C17H24O2/c1-13-5-6-14(2)16(11-13)18-12-15-7-10-17(19-15)8-3-4-9-17/h5-6,11,15H,3-4,7-10,12H2,1-2H3. The molecule has 1 saturated heterocycles. The van der Waals surface area contributed by atoms with Crippen LogP contribution in [0.1, 0.15) is 49.7 Å². The summed E-state index contributed by atoms with van der Waals surface area (Å²) in [6.07, 6.45) is 7.87. The molecule has 1 spiro atoms. The number of hydrogen-bond donors (Lipinski definition) is 0. The molecule has 1 aromatic carbocycles. The van der Waals surface area contributed by atoms with Crippen LogP contribution in [0, 0.1) is 13.8 Å². The minimum Gasteiger partial charge on any atom is -0.491 e. The van der Waals surface area contributed by atoms with Crippen LogP contribution in [0.5, 0.6) is 5.75 Å². The highest BCUT2D eigenvalue weighted by Gasteiger charge is 2.42. The Morgan fingerprint density at radius 1 is 1.21 bits per heavy atom. The first kappa shape index (κ1) is 13.0. The molecule has 0 aromatic heterocycles. The van der Waals surface area contributed by atoms with E-state index in [0.29, 0.717) is 6.61 Å². The Bertz CT molecular complexity index is 447. The third kappa shape index (κ3) is 2.79. The Hall–Kier alpha value is -1.02. The van der Waals surface area contributed by atoms with Gasteiger partial charge in [-0.2, -0.15) is 0 Å². The van der Waals surface area contributed by atoms with Crippen molar-refractivity contribution in [1.29, 1.82) is 0 Å². The molecule has 1 unspecified atom stereocenters. The summed E-state index contributed by atoms with van der Waals surface area (Å²) in [6.45, 7) is 4.90. The van der Waals surface area contributed by atoms with Gasteiger partial charge in [0.15, 0.2) is 0 Å². The normalized spacial score (nSPS) is 25.1. The zero-order chi connectivity index (χ0) is 13.3. The molecule has 3 rings (SSSR count). The lowest BCUT2D eigenvalue weighted by Gasteiger charge is -2.24. The second kappa shape index (κ2) is 5.16. The molecule has 1 saturated carbocycles. The van der Waals surface area contributed by atoms with Crippen LogP contribution >= 0.6 is 0 Å². The van der Waals surface area contributed by atoms with Crippen molar-refractivity contribution in [2.24, 2.45) is 0 Å². The van der Waals surface area contributed by atoms with Gasteiger partial charge >= 0.3 is 0 Å². The number of benzene rings is 1. The molecule has 2 fully saturated rings. The number of rotatable bonds is 3. The molecule has 1 aliphatic carbocycles. The first-order valence-corrected chi connectivity index (χ1v) is 7.55. The van der Waals surface area contributed by atoms with Crippen LogP contribution in [0.2, 0.25) is 0 Å². The second-order valence-corrected chi connectivity index (χ2v) is 6.25. The van der Waals surface area contributed by atoms with Gasteiger partial charge in [-0.05, 0) is 56.7 Å². The van der Waals surface area contributed by atoms with Crippen LogP contribution in [0.25, 0.3) is 0 Å². The zero-order valence-electron chi connectivity index (χ0n) is 12.1. The zero-order valence-corrected chi connectivity index (χ0v) is 12.1. The van der Waals surface area contributed by atoms with Gasteiger partial charge in [0, 0.05) is 0 Å². The van der Waals surface area contributed by atoms with Gasteiger partial charge in [0.05, 0.1) is 11.7 Å². The average Bonchev–Trinajstić information content (AvgIpc) is 3.02. The molecule has 2 nitrogen and oxygen atoms in total. The predicted molar refractivity (Wildman–Crippen MR) is 76.7 cm³/mol. The SMILES string of the molecule is Cc1ccc(C)c(OCC2CCC3(CCCC3)O2)c1. The Morgan fingerprint density at radius 3 is 2.79 bits per heavy atom. The van der Waals surface area contributed by atoms with Gasteiger partial charge in [-0.1, -0.05) is 25.0 Å². The largest absolute Gasteiger partial charge is 0.491 e. The first-order valence-electron chi connectivity index (χ1n) is 7.55. The Kier molecular flexibility index (Phi) is 3.53. The molecule has 0 amide bonds. The summed E-state index contributed by atoms with van der Waals surface area (Å²) in [5, 5.41) is 0. The molecule has 2 heteroatoms. The van der Waals surface area contributed by atoms with Crippen molar-refractivity contribution in [2.45, 2.75) is 64.1 Å². The van der Waals surface area contributed by atoms with E-state index in [1.807, 2.05) is 0 Å². The Balaban J connectivity index is 1.57. The highest BCUT2D eigenvalue weighted by atomic mass is 16.6. The van der Waals surface area contributed by atoms with E-state index in [2.05, 4.69) is 32.0 Å². The molecule has 1 atom stereocenters. The van der Waals surface area contributed by atoms with E-state index in [9.17, 15) is 0 Å². The summed E-state index contributed by atoms with van der Waals surface area (Å²) in [6, 6.07) is 6.37. The molecular weight excluding hydrogens is 236 g/mol. The van der Waals surface area contributed by atoms with Crippen molar-refractivity contribution in [2.75, 3.05) is 6.61 Å². The molecule has 0 N–H and O–H groups in total. The molecule has 0 radical (unpaired) electrons. The van der Waals surface area contributed by atoms with Gasteiger partial charge in [-0.25, -0.2) is 0 Å². The van der Waals surface area contributed by atoms with Crippen LogP contribution < -0.4 is 4.74 Å². The van der Waals surface area contributed by atoms with Gasteiger partial charge in [0.1, 0.15) is 12.4 Å². The molecule has 1 aromatic rings. The fourth-order valence-corrected chi connectivity index (χ4v) is 3.45. The van der Waals surface area contributed by atoms with Crippen molar-refractivity contribution < 1.29 is 9.47 Å². The van der Waals surface area contributed by atoms with Crippen molar-refractivity contribution >= 4 is 0 Å². The molecular formula is C17H24O2. The van der Waals surface area contributed by atoms with Crippen LogP contribution in [-0.2, 0) is 4.74 Å². The minimum absolute atomic E-state index is 0.218. The summed E-state index contributed by atoms with van der Waals surface area (Å²) < 4.78 is 12.3. The van der Waals surface area contributed by atoms with Gasteiger partial charge in [-0.3, -0.25) is 0 Å². The summed E-state index contributed by atoms with van der Waals surface area (Å²) >= 11 is 0. The van der Waals surface area contributed by atoms with Gasteiger partial charge in [0.2, 0.25) is 0 Å². The van der Waals surface area contributed by atoms with Crippen LogP contribution in [0.15, 0.2) is 18.2 Å². The first-order chi connectivity index (χ1) is 9.17. The van der Waals surface area contributed by atoms with Crippen LogP contribution in [0.3, 0.4) is 0 Å².